The number of pyridine rings is 1. The van der Waals surface area contributed by atoms with Crippen molar-refractivity contribution in [2.75, 3.05) is 18.4 Å². The van der Waals surface area contributed by atoms with Crippen LogP contribution in [0.5, 0.6) is 0 Å². The molecule has 28 heavy (non-hydrogen) atoms. The fourth-order valence-corrected chi connectivity index (χ4v) is 5.02. The topological polar surface area (TPSA) is 40.2 Å². The van der Waals surface area contributed by atoms with E-state index < -0.39 is 0 Å². The summed E-state index contributed by atoms with van der Waals surface area (Å²) in [7, 11) is 0. The van der Waals surface area contributed by atoms with Crippen LogP contribution < -0.4 is 10.6 Å². The molecule has 1 fully saturated rings. The minimum Gasteiger partial charge on any atom is -0.385 e. The highest BCUT2D eigenvalue weighted by Crippen LogP contribution is 2.42. The normalized spacial score (nSPS) is 18.9. The van der Waals surface area contributed by atoms with Gasteiger partial charge in [0.25, 0.3) is 0 Å². The van der Waals surface area contributed by atoms with Gasteiger partial charge in [-0.2, -0.15) is 0 Å². The first-order valence-electron chi connectivity index (χ1n) is 9.24. The number of hydrogen-bond donors (Lipinski definition) is 2. The van der Waals surface area contributed by atoms with E-state index in [-0.39, 0.29) is 12.1 Å². The average molecular weight is 429 g/mol. The number of halogens is 1. The van der Waals surface area contributed by atoms with Gasteiger partial charge in [-0.1, -0.05) is 35.9 Å². The lowest BCUT2D eigenvalue weighted by Gasteiger charge is -2.27. The number of aromatic nitrogens is 1. The third-order valence-electron chi connectivity index (χ3n) is 4.76. The molecule has 1 aliphatic rings. The first-order valence-corrected chi connectivity index (χ1v) is 10.8. The van der Waals surface area contributed by atoms with E-state index in [0.29, 0.717) is 0 Å². The van der Waals surface area contributed by atoms with Crippen molar-refractivity contribution in [3.05, 3.63) is 81.8 Å². The van der Waals surface area contributed by atoms with Crippen LogP contribution in [0.1, 0.15) is 29.1 Å². The molecule has 1 aliphatic heterocycles. The molecular formula is C21H21ClN4S2. The Labute approximate surface area is 179 Å². The second kappa shape index (κ2) is 8.90. The molecular weight excluding hydrogens is 408 g/mol. The first kappa shape index (κ1) is 19.2. The molecule has 1 saturated heterocycles. The second-order valence-electron chi connectivity index (χ2n) is 6.61. The number of rotatable bonds is 7. The number of thiocarbonyl (C=S) groups is 1. The standard InChI is InChI=1S/C21H21ClN4S2/c22-18-11-10-17(28-18)20-19(16-9-4-5-12-24-16)25-21(27)26(20)14-6-13-23-15-7-2-1-3-8-15/h1-5,7-12,19-20,23H,6,13-14H2,(H,25,27)/t19-,20+/m0/s1. The Bertz CT molecular complexity index is 916. The van der Waals surface area contributed by atoms with Gasteiger partial charge in [0.05, 0.1) is 22.1 Å². The van der Waals surface area contributed by atoms with Crippen LogP contribution in [-0.2, 0) is 0 Å². The number of para-hydroxylation sites is 1. The molecule has 0 spiro atoms. The number of nitrogens with zero attached hydrogens (tertiary/aromatic N) is 2. The number of thiophene rings is 1. The fourth-order valence-electron chi connectivity index (χ4n) is 3.48. The van der Waals surface area contributed by atoms with Crippen LogP contribution in [0.4, 0.5) is 5.69 Å². The highest BCUT2D eigenvalue weighted by Gasteiger charge is 2.40. The largest absolute Gasteiger partial charge is 0.385 e. The van der Waals surface area contributed by atoms with E-state index in [4.69, 9.17) is 23.8 Å². The third-order valence-corrected chi connectivity index (χ3v) is 6.42. The Morgan fingerprint density at radius 3 is 2.64 bits per heavy atom. The molecule has 0 saturated carbocycles. The van der Waals surface area contributed by atoms with E-state index in [9.17, 15) is 0 Å². The maximum Gasteiger partial charge on any atom is 0.170 e. The van der Waals surface area contributed by atoms with Crippen molar-refractivity contribution in [2.24, 2.45) is 0 Å². The van der Waals surface area contributed by atoms with Crippen molar-refractivity contribution in [2.45, 2.75) is 18.5 Å². The molecule has 7 heteroatoms. The van der Waals surface area contributed by atoms with Crippen molar-refractivity contribution in [3.8, 4) is 0 Å². The SMILES string of the molecule is S=C1N[C@@H](c2ccccn2)[C@@H](c2ccc(Cl)s2)N1CCCNc1ccccc1. The Kier molecular flexibility index (Phi) is 6.10. The molecule has 0 amide bonds. The molecule has 0 bridgehead atoms. The zero-order chi connectivity index (χ0) is 19.3. The smallest absolute Gasteiger partial charge is 0.170 e. The van der Waals surface area contributed by atoms with Crippen LogP contribution in [0.25, 0.3) is 0 Å². The van der Waals surface area contributed by atoms with Crippen LogP contribution in [0.3, 0.4) is 0 Å². The molecule has 2 aromatic heterocycles. The Balaban J connectivity index is 1.48. The van der Waals surface area contributed by atoms with E-state index in [1.807, 2.05) is 48.7 Å². The predicted octanol–water partition coefficient (Wildman–Crippen LogP) is 5.27. The third kappa shape index (κ3) is 4.29. The molecule has 2 N–H and O–H groups in total. The predicted molar refractivity (Wildman–Crippen MR) is 121 cm³/mol. The van der Waals surface area contributed by atoms with Crippen molar-refractivity contribution in [3.63, 3.8) is 0 Å². The minimum atomic E-state index is 0.0190. The van der Waals surface area contributed by atoms with Gasteiger partial charge in [-0.3, -0.25) is 4.98 Å². The van der Waals surface area contributed by atoms with Crippen LogP contribution in [0, 0.1) is 0 Å². The van der Waals surface area contributed by atoms with E-state index >= 15 is 0 Å². The molecule has 4 rings (SSSR count). The van der Waals surface area contributed by atoms with E-state index in [2.05, 4.69) is 38.7 Å². The highest BCUT2D eigenvalue weighted by atomic mass is 35.5. The summed E-state index contributed by atoms with van der Waals surface area (Å²) in [6, 6.07) is 20.4. The van der Waals surface area contributed by atoms with Gasteiger partial charge in [-0.25, -0.2) is 0 Å². The summed E-state index contributed by atoms with van der Waals surface area (Å²) in [5.74, 6) is 0. The molecule has 144 valence electrons. The van der Waals surface area contributed by atoms with Gasteiger partial charge < -0.3 is 15.5 Å². The lowest BCUT2D eigenvalue weighted by Crippen LogP contribution is -2.31. The first-order chi connectivity index (χ1) is 13.7. The Morgan fingerprint density at radius 2 is 1.93 bits per heavy atom. The van der Waals surface area contributed by atoms with Crippen LogP contribution >= 0.6 is 35.2 Å². The van der Waals surface area contributed by atoms with Crippen LogP contribution in [0.15, 0.2) is 66.9 Å². The van der Waals surface area contributed by atoms with Gasteiger partial charge in [0.2, 0.25) is 0 Å². The quantitative estimate of drug-likeness (QED) is 0.396. The van der Waals surface area contributed by atoms with Gasteiger partial charge in [0.15, 0.2) is 5.11 Å². The maximum atomic E-state index is 6.23. The molecule has 3 heterocycles. The Morgan fingerprint density at radius 1 is 1.11 bits per heavy atom. The molecule has 0 radical (unpaired) electrons. The molecule has 1 aromatic carbocycles. The van der Waals surface area contributed by atoms with Gasteiger partial charge in [-0.15, -0.1) is 11.3 Å². The molecule has 4 nitrogen and oxygen atoms in total. The summed E-state index contributed by atoms with van der Waals surface area (Å²) in [5, 5.41) is 7.71. The summed E-state index contributed by atoms with van der Waals surface area (Å²) in [5.41, 5.74) is 2.13. The molecule has 0 unspecified atom stereocenters. The maximum absolute atomic E-state index is 6.23. The highest BCUT2D eigenvalue weighted by molar-refractivity contribution is 7.80. The zero-order valence-corrected chi connectivity index (χ0v) is 17.6. The number of anilines is 1. The summed E-state index contributed by atoms with van der Waals surface area (Å²) in [6.45, 7) is 1.74. The minimum absolute atomic E-state index is 0.0190. The van der Waals surface area contributed by atoms with Gasteiger partial charge in [0.1, 0.15) is 0 Å². The van der Waals surface area contributed by atoms with Crippen molar-refractivity contribution >= 4 is 46.0 Å². The van der Waals surface area contributed by atoms with Gasteiger partial charge in [0, 0.05) is 29.9 Å². The van der Waals surface area contributed by atoms with Crippen molar-refractivity contribution < 1.29 is 0 Å². The molecule has 0 aliphatic carbocycles. The van der Waals surface area contributed by atoms with E-state index in [0.717, 1.165) is 40.3 Å². The average Bonchev–Trinajstić information content (AvgIpc) is 3.29. The van der Waals surface area contributed by atoms with Crippen LogP contribution in [-0.4, -0.2) is 28.1 Å². The lowest BCUT2D eigenvalue weighted by atomic mass is 10.0. The molecule has 2 atom stereocenters. The summed E-state index contributed by atoms with van der Waals surface area (Å²) in [4.78, 5) is 8.02. The summed E-state index contributed by atoms with van der Waals surface area (Å²) < 4.78 is 0.790. The summed E-state index contributed by atoms with van der Waals surface area (Å²) >= 11 is 13.5. The van der Waals surface area contributed by atoms with Gasteiger partial charge in [-0.05, 0) is 55.0 Å². The van der Waals surface area contributed by atoms with E-state index in [1.54, 1.807) is 11.3 Å². The lowest BCUT2D eigenvalue weighted by molar-refractivity contribution is 0.321. The zero-order valence-electron chi connectivity index (χ0n) is 15.2. The Hall–Kier alpha value is -2.15. The monoisotopic (exact) mass is 428 g/mol. The number of nitrogens with one attached hydrogen (secondary N) is 2. The van der Waals surface area contributed by atoms with E-state index in [1.165, 1.54) is 4.88 Å². The van der Waals surface area contributed by atoms with Crippen LogP contribution in [0.2, 0.25) is 4.34 Å². The molecule has 3 aromatic rings. The van der Waals surface area contributed by atoms with Gasteiger partial charge >= 0.3 is 0 Å². The second-order valence-corrected chi connectivity index (χ2v) is 8.74. The number of benzene rings is 1. The number of hydrogen-bond acceptors (Lipinski definition) is 4. The fraction of sp³-hybridized carbons (Fsp3) is 0.238. The summed E-state index contributed by atoms with van der Waals surface area (Å²) in [6.07, 6.45) is 2.80. The van der Waals surface area contributed by atoms with Crippen molar-refractivity contribution in [1.82, 2.24) is 15.2 Å². The van der Waals surface area contributed by atoms with Crippen molar-refractivity contribution in [1.29, 1.82) is 0 Å².